The van der Waals surface area contributed by atoms with Gasteiger partial charge in [-0.05, 0) is 48.9 Å². The number of nitrogens with two attached hydrogens (primary N) is 1. The summed E-state index contributed by atoms with van der Waals surface area (Å²) >= 11 is 4.70. The number of ether oxygens (including phenoxy) is 1. The van der Waals surface area contributed by atoms with Gasteiger partial charge in [-0.2, -0.15) is 0 Å². The molecule has 3 N–H and O–H groups in total. The Morgan fingerprint density at radius 1 is 1.00 bits per heavy atom. The molecule has 5 aromatic rings. The molecule has 0 saturated carbocycles. The summed E-state index contributed by atoms with van der Waals surface area (Å²) in [5.74, 6) is 0.456. The van der Waals surface area contributed by atoms with E-state index in [1.807, 2.05) is 66.7 Å². The first-order chi connectivity index (χ1) is 16.9. The molecule has 0 aliphatic heterocycles. The third-order valence-corrected chi connectivity index (χ3v) is 7.38. The Morgan fingerprint density at radius 3 is 2.43 bits per heavy atom. The minimum absolute atomic E-state index is 0.268. The molecule has 0 atom stereocenters. The molecule has 3 aromatic carbocycles. The number of rotatable bonds is 5. The molecular weight excluding hydrogens is 522 g/mol. The molecule has 0 spiro atoms. The Morgan fingerprint density at radius 2 is 1.71 bits per heavy atom. The SMILES string of the molecule is COc1ccccc1-c1cc(-c2ccc(C)cc2)nc2sc(C(=O)Nc3ccc(Br)cc3)c(N)c12. The number of pyridine rings is 1. The van der Waals surface area contributed by atoms with E-state index in [4.69, 9.17) is 15.5 Å². The molecule has 0 bridgehead atoms. The second kappa shape index (κ2) is 9.52. The van der Waals surface area contributed by atoms with E-state index in [1.165, 1.54) is 16.9 Å². The summed E-state index contributed by atoms with van der Waals surface area (Å²) in [6.45, 7) is 2.05. The number of halogens is 1. The maximum atomic E-state index is 13.2. The van der Waals surface area contributed by atoms with Gasteiger partial charge < -0.3 is 15.8 Å². The zero-order chi connectivity index (χ0) is 24.5. The lowest BCUT2D eigenvalue weighted by atomic mass is 9.98. The zero-order valence-electron chi connectivity index (χ0n) is 19.1. The molecule has 0 radical (unpaired) electrons. The second-order valence-electron chi connectivity index (χ2n) is 8.11. The number of carbonyl (C=O) groups is 1. The van der Waals surface area contributed by atoms with Crippen LogP contribution in [0, 0.1) is 6.92 Å². The first-order valence-corrected chi connectivity index (χ1v) is 12.6. The second-order valence-corrected chi connectivity index (χ2v) is 10.0. The highest BCUT2D eigenvalue weighted by molar-refractivity contribution is 9.10. The molecule has 2 aromatic heterocycles. The van der Waals surface area contributed by atoms with E-state index >= 15 is 0 Å². The highest BCUT2D eigenvalue weighted by Crippen LogP contribution is 2.43. The lowest BCUT2D eigenvalue weighted by Gasteiger charge is -2.12. The third kappa shape index (κ3) is 4.52. The van der Waals surface area contributed by atoms with Crippen LogP contribution >= 0.6 is 27.3 Å². The van der Waals surface area contributed by atoms with E-state index in [0.717, 1.165) is 38.0 Å². The van der Waals surface area contributed by atoms with Crippen molar-refractivity contribution in [1.82, 2.24) is 4.98 Å². The molecule has 174 valence electrons. The van der Waals surface area contributed by atoms with Crippen molar-refractivity contribution in [3.63, 3.8) is 0 Å². The fourth-order valence-corrected chi connectivity index (χ4v) is 5.24. The Kier molecular flexibility index (Phi) is 6.28. The van der Waals surface area contributed by atoms with Gasteiger partial charge in [-0.25, -0.2) is 4.98 Å². The number of carbonyl (C=O) groups excluding carboxylic acids is 1. The van der Waals surface area contributed by atoms with Gasteiger partial charge in [-0.3, -0.25) is 4.79 Å². The number of benzene rings is 3. The smallest absolute Gasteiger partial charge is 0.267 e. The summed E-state index contributed by atoms with van der Waals surface area (Å²) in [4.78, 5) is 19.2. The monoisotopic (exact) mass is 543 g/mol. The number of anilines is 2. The number of hydrogen-bond donors (Lipinski definition) is 2. The van der Waals surface area contributed by atoms with Crippen molar-refractivity contribution in [3.8, 4) is 28.1 Å². The number of aromatic nitrogens is 1. The predicted molar refractivity (Wildman–Crippen MR) is 148 cm³/mol. The Labute approximate surface area is 215 Å². The third-order valence-electron chi connectivity index (χ3n) is 5.75. The number of thiophene rings is 1. The number of fused-ring (bicyclic) bond motifs is 1. The van der Waals surface area contributed by atoms with Gasteiger partial charge in [-0.15, -0.1) is 11.3 Å². The van der Waals surface area contributed by atoms with Crippen LogP contribution in [0.25, 0.3) is 32.6 Å². The van der Waals surface area contributed by atoms with E-state index in [-0.39, 0.29) is 5.91 Å². The summed E-state index contributed by atoms with van der Waals surface area (Å²) in [5.41, 5.74) is 12.4. The van der Waals surface area contributed by atoms with Crippen LogP contribution in [0.1, 0.15) is 15.2 Å². The maximum absolute atomic E-state index is 13.2. The van der Waals surface area contributed by atoms with Gasteiger partial charge in [0.2, 0.25) is 0 Å². The molecule has 0 saturated heterocycles. The van der Waals surface area contributed by atoms with Gasteiger partial charge >= 0.3 is 0 Å². The van der Waals surface area contributed by atoms with Gasteiger partial charge in [0.25, 0.3) is 5.91 Å². The van der Waals surface area contributed by atoms with Crippen molar-refractivity contribution in [1.29, 1.82) is 0 Å². The molecule has 35 heavy (non-hydrogen) atoms. The summed E-state index contributed by atoms with van der Waals surface area (Å²) in [7, 11) is 1.65. The molecule has 0 fully saturated rings. The first-order valence-electron chi connectivity index (χ1n) is 10.9. The minimum Gasteiger partial charge on any atom is -0.496 e. The Balaban J connectivity index is 1.69. The van der Waals surface area contributed by atoms with Crippen molar-refractivity contribution >= 4 is 54.8 Å². The number of para-hydroxylation sites is 1. The number of nitrogens with one attached hydrogen (secondary N) is 1. The largest absolute Gasteiger partial charge is 0.496 e. The molecule has 1 amide bonds. The van der Waals surface area contributed by atoms with Crippen molar-refractivity contribution in [3.05, 3.63) is 93.8 Å². The van der Waals surface area contributed by atoms with Gasteiger partial charge in [0.15, 0.2) is 0 Å². The van der Waals surface area contributed by atoms with Crippen LogP contribution in [0.3, 0.4) is 0 Å². The normalized spacial score (nSPS) is 10.9. The van der Waals surface area contributed by atoms with E-state index in [1.54, 1.807) is 7.11 Å². The van der Waals surface area contributed by atoms with E-state index in [0.29, 0.717) is 21.1 Å². The zero-order valence-corrected chi connectivity index (χ0v) is 21.5. The van der Waals surface area contributed by atoms with Gasteiger partial charge in [0.1, 0.15) is 15.5 Å². The minimum atomic E-state index is -0.268. The van der Waals surface area contributed by atoms with Gasteiger partial charge in [-0.1, -0.05) is 64.0 Å². The summed E-state index contributed by atoms with van der Waals surface area (Å²) < 4.78 is 6.59. The molecule has 0 aliphatic carbocycles. The number of methoxy groups -OCH3 is 1. The van der Waals surface area contributed by atoms with Crippen molar-refractivity contribution < 1.29 is 9.53 Å². The van der Waals surface area contributed by atoms with E-state index in [9.17, 15) is 4.79 Å². The highest BCUT2D eigenvalue weighted by atomic mass is 79.9. The van der Waals surface area contributed by atoms with Crippen LogP contribution in [0.5, 0.6) is 5.75 Å². The molecule has 0 aliphatic rings. The molecule has 2 heterocycles. The fourth-order valence-electron chi connectivity index (χ4n) is 3.96. The standard InChI is InChI=1S/C28H22BrN3O2S/c1-16-7-9-17(10-8-16)22-15-21(20-5-3-4-6-23(20)34-2)24-25(30)26(35-28(24)32-22)27(33)31-19-13-11-18(29)12-14-19/h3-15H,30H2,1-2H3,(H,31,33). The molecule has 7 heteroatoms. The number of amides is 1. The average Bonchev–Trinajstić information content (AvgIpc) is 3.21. The molecule has 5 rings (SSSR count). The fraction of sp³-hybridized carbons (Fsp3) is 0.0714. The number of nitrogen functional groups attached to an aromatic ring is 1. The van der Waals surface area contributed by atoms with Crippen LogP contribution in [0.4, 0.5) is 11.4 Å². The lowest BCUT2D eigenvalue weighted by molar-refractivity contribution is 0.103. The number of nitrogens with zero attached hydrogens (tertiary/aromatic N) is 1. The topological polar surface area (TPSA) is 77.2 Å². The number of aryl methyl sites for hydroxylation is 1. The lowest BCUT2D eigenvalue weighted by Crippen LogP contribution is -2.11. The van der Waals surface area contributed by atoms with Gasteiger partial charge in [0.05, 0.1) is 18.5 Å². The van der Waals surface area contributed by atoms with Crippen molar-refractivity contribution in [2.45, 2.75) is 6.92 Å². The van der Waals surface area contributed by atoms with E-state index in [2.05, 4.69) is 40.3 Å². The van der Waals surface area contributed by atoms with Crippen LogP contribution in [0.2, 0.25) is 0 Å². The predicted octanol–water partition coefficient (Wildman–Crippen LogP) is 7.54. The maximum Gasteiger partial charge on any atom is 0.267 e. The van der Waals surface area contributed by atoms with Crippen LogP contribution in [-0.4, -0.2) is 18.0 Å². The quantitative estimate of drug-likeness (QED) is 0.240. The summed E-state index contributed by atoms with van der Waals surface area (Å²) in [6.07, 6.45) is 0. The number of hydrogen-bond acceptors (Lipinski definition) is 5. The van der Waals surface area contributed by atoms with Gasteiger partial charge in [0, 0.05) is 26.7 Å². The Bertz CT molecular complexity index is 1540. The summed E-state index contributed by atoms with van der Waals surface area (Å²) in [6, 6.07) is 25.4. The van der Waals surface area contributed by atoms with E-state index < -0.39 is 0 Å². The van der Waals surface area contributed by atoms with Crippen LogP contribution in [0.15, 0.2) is 83.3 Å². The van der Waals surface area contributed by atoms with Crippen molar-refractivity contribution in [2.75, 3.05) is 18.2 Å². The van der Waals surface area contributed by atoms with Crippen LogP contribution < -0.4 is 15.8 Å². The average molecular weight is 544 g/mol. The van der Waals surface area contributed by atoms with Crippen molar-refractivity contribution in [2.24, 2.45) is 0 Å². The first kappa shape index (κ1) is 23.1. The molecule has 0 unspecified atom stereocenters. The molecule has 5 nitrogen and oxygen atoms in total. The molecular formula is C28H22BrN3O2S. The Hall–Kier alpha value is -3.68. The summed E-state index contributed by atoms with van der Waals surface area (Å²) in [5, 5.41) is 3.69. The van der Waals surface area contributed by atoms with Crippen LogP contribution in [-0.2, 0) is 0 Å². The highest BCUT2D eigenvalue weighted by Gasteiger charge is 2.23.